The van der Waals surface area contributed by atoms with Gasteiger partial charge in [-0.2, -0.15) is 0 Å². The van der Waals surface area contributed by atoms with Crippen LogP contribution in [0.3, 0.4) is 0 Å². The van der Waals surface area contributed by atoms with Gasteiger partial charge >= 0.3 is 0 Å². The number of fused-ring (bicyclic) bond motifs is 1. The summed E-state index contributed by atoms with van der Waals surface area (Å²) in [5, 5.41) is 6.61. The predicted octanol–water partition coefficient (Wildman–Crippen LogP) is 1.40. The molecule has 1 aliphatic carbocycles. The highest BCUT2D eigenvalue weighted by molar-refractivity contribution is 5.60. The summed E-state index contributed by atoms with van der Waals surface area (Å²) >= 11 is 0. The molecule has 0 radical (unpaired) electrons. The van der Waals surface area contributed by atoms with E-state index in [0.717, 1.165) is 13.0 Å². The fraction of sp³-hybridized carbons (Fsp3) is 0.545. The number of aliphatic imine (C=N–C) groups is 1. The number of allylic oxidation sites excluding steroid dienone is 3. The normalized spacial score (nSPS) is 30.1. The van der Waals surface area contributed by atoms with Gasteiger partial charge in [0.1, 0.15) is 6.17 Å². The molecule has 2 rings (SSSR count). The molecule has 0 bridgehead atoms. The quantitative estimate of drug-likeness (QED) is 0.692. The van der Waals surface area contributed by atoms with E-state index in [1.165, 1.54) is 11.3 Å². The Balaban J connectivity index is 2.17. The molecule has 2 unspecified atom stereocenters. The van der Waals surface area contributed by atoms with Crippen LogP contribution in [0.2, 0.25) is 0 Å². The SMILES string of the molecule is CCNC1N=CNC2=CC=C(C)CC21. The molecule has 3 heteroatoms. The van der Waals surface area contributed by atoms with E-state index in [1.807, 2.05) is 0 Å². The molecule has 0 aromatic rings. The lowest BCUT2D eigenvalue weighted by molar-refractivity contribution is 0.388. The maximum Gasteiger partial charge on any atom is 0.110 e. The van der Waals surface area contributed by atoms with Gasteiger partial charge in [0.05, 0.1) is 6.34 Å². The minimum Gasteiger partial charge on any atom is -0.350 e. The van der Waals surface area contributed by atoms with Gasteiger partial charge in [0.2, 0.25) is 0 Å². The van der Waals surface area contributed by atoms with Gasteiger partial charge in [-0.3, -0.25) is 10.3 Å². The topological polar surface area (TPSA) is 36.4 Å². The monoisotopic (exact) mass is 191 g/mol. The van der Waals surface area contributed by atoms with E-state index in [2.05, 4.69) is 41.6 Å². The second-order valence-electron chi connectivity index (χ2n) is 3.87. The molecule has 0 saturated heterocycles. The van der Waals surface area contributed by atoms with Gasteiger partial charge < -0.3 is 5.32 Å². The molecular formula is C11H17N3. The van der Waals surface area contributed by atoms with Crippen LogP contribution in [0.5, 0.6) is 0 Å². The highest BCUT2D eigenvalue weighted by Crippen LogP contribution is 2.28. The molecule has 1 aliphatic heterocycles. The first-order chi connectivity index (χ1) is 6.81. The molecule has 14 heavy (non-hydrogen) atoms. The average molecular weight is 191 g/mol. The number of rotatable bonds is 2. The first-order valence-corrected chi connectivity index (χ1v) is 5.20. The number of hydrogen-bond donors (Lipinski definition) is 2. The Morgan fingerprint density at radius 1 is 1.57 bits per heavy atom. The zero-order chi connectivity index (χ0) is 9.97. The van der Waals surface area contributed by atoms with Crippen molar-refractivity contribution < 1.29 is 0 Å². The summed E-state index contributed by atoms with van der Waals surface area (Å²) in [4.78, 5) is 4.42. The van der Waals surface area contributed by atoms with E-state index >= 15 is 0 Å². The van der Waals surface area contributed by atoms with Crippen molar-refractivity contribution in [2.75, 3.05) is 6.54 Å². The third kappa shape index (κ3) is 1.73. The lowest BCUT2D eigenvalue weighted by Crippen LogP contribution is -2.43. The van der Waals surface area contributed by atoms with Crippen molar-refractivity contribution in [3.63, 3.8) is 0 Å². The molecule has 0 fully saturated rings. The Hall–Kier alpha value is -1.09. The summed E-state index contributed by atoms with van der Waals surface area (Å²) in [6, 6.07) is 0. The smallest absolute Gasteiger partial charge is 0.110 e. The van der Waals surface area contributed by atoms with Crippen LogP contribution in [0.1, 0.15) is 20.3 Å². The minimum absolute atomic E-state index is 0.246. The van der Waals surface area contributed by atoms with Crippen LogP contribution in [0.4, 0.5) is 0 Å². The fourth-order valence-electron chi connectivity index (χ4n) is 2.02. The van der Waals surface area contributed by atoms with Crippen molar-refractivity contribution in [1.82, 2.24) is 10.6 Å². The van der Waals surface area contributed by atoms with Crippen molar-refractivity contribution in [2.24, 2.45) is 10.9 Å². The second-order valence-corrected chi connectivity index (χ2v) is 3.87. The zero-order valence-corrected chi connectivity index (χ0v) is 8.75. The Bertz CT molecular complexity index is 302. The Kier molecular flexibility index (Phi) is 2.68. The molecule has 0 amide bonds. The second kappa shape index (κ2) is 3.96. The molecule has 76 valence electrons. The maximum atomic E-state index is 4.42. The lowest BCUT2D eigenvalue weighted by Gasteiger charge is -2.32. The van der Waals surface area contributed by atoms with Gasteiger partial charge in [0.25, 0.3) is 0 Å². The Morgan fingerprint density at radius 2 is 2.43 bits per heavy atom. The summed E-state index contributed by atoms with van der Waals surface area (Å²) in [5.41, 5.74) is 2.72. The molecule has 2 N–H and O–H groups in total. The van der Waals surface area contributed by atoms with E-state index in [9.17, 15) is 0 Å². The van der Waals surface area contributed by atoms with Crippen LogP contribution in [0.25, 0.3) is 0 Å². The lowest BCUT2D eigenvalue weighted by atomic mass is 9.88. The van der Waals surface area contributed by atoms with Gasteiger partial charge in [0.15, 0.2) is 0 Å². The number of nitrogens with zero attached hydrogens (tertiary/aromatic N) is 1. The molecule has 0 aromatic heterocycles. The molecule has 2 aliphatic rings. The Labute approximate surface area is 85.0 Å². The van der Waals surface area contributed by atoms with Gasteiger partial charge in [-0.25, -0.2) is 0 Å². The van der Waals surface area contributed by atoms with Crippen molar-refractivity contribution in [3.8, 4) is 0 Å². The van der Waals surface area contributed by atoms with E-state index in [4.69, 9.17) is 0 Å². The molecule has 0 spiro atoms. The molecular weight excluding hydrogens is 174 g/mol. The van der Waals surface area contributed by atoms with Crippen LogP contribution in [-0.2, 0) is 0 Å². The molecule has 2 atom stereocenters. The van der Waals surface area contributed by atoms with Crippen molar-refractivity contribution in [2.45, 2.75) is 26.4 Å². The van der Waals surface area contributed by atoms with Crippen LogP contribution in [0, 0.1) is 5.92 Å². The Morgan fingerprint density at radius 3 is 3.21 bits per heavy atom. The highest BCUT2D eigenvalue weighted by Gasteiger charge is 2.27. The standard InChI is InChI=1S/C11H17N3/c1-3-12-11-9-6-8(2)4-5-10(9)13-7-14-11/h4-5,7,9,11-12H,3,6H2,1-2H3,(H,13,14). The van der Waals surface area contributed by atoms with Crippen LogP contribution in [0.15, 0.2) is 28.4 Å². The summed E-state index contributed by atoms with van der Waals surface area (Å²) < 4.78 is 0. The average Bonchev–Trinajstić information content (AvgIpc) is 2.19. The largest absolute Gasteiger partial charge is 0.350 e. The van der Waals surface area contributed by atoms with Gasteiger partial charge in [-0.05, 0) is 26.0 Å². The third-order valence-electron chi connectivity index (χ3n) is 2.75. The number of nitrogens with one attached hydrogen (secondary N) is 2. The van der Waals surface area contributed by atoms with Gasteiger partial charge in [-0.15, -0.1) is 0 Å². The van der Waals surface area contributed by atoms with Crippen molar-refractivity contribution in [1.29, 1.82) is 0 Å². The molecule has 3 nitrogen and oxygen atoms in total. The highest BCUT2D eigenvalue weighted by atomic mass is 15.1. The third-order valence-corrected chi connectivity index (χ3v) is 2.75. The molecule has 1 heterocycles. The van der Waals surface area contributed by atoms with Gasteiger partial charge in [-0.1, -0.05) is 18.6 Å². The zero-order valence-electron chi connectivity index (χ0n) is 8.75. The van der Waals surface area contributed by atoms with Crippen molar-refractivity contribution >= 4 is 6.34 Å². The van der Waals surface area contributed by atoms with Crippen LogP contribution in [-0.4, -0.2) is 19.0 Å². The van der Waals surface area contributed by atoms with E-state index in [-0.39, 0.29) is 6.17 Å². The predicted molar refractivity (Wildman–Crippen MR) is 59.0 cm³/mol. The van der Waals surface area contributed by atoms with E-state index in [1.54, 1.807) is 6.34 Å². The van der Waals surface area contributed by atoms with E-state index < -0.39 is 0 Å². The summed E-state index contributed by atoms with van der Waals surface area (Å²) in [6.07, 6.45) is 7.49. The first-order valence-electron chi connectivity index (χ1n) is 5.20. The van der Waals surface area contributed by atoms with Crippen LogP contribution < -0.4 is 10.6 Å². The fourth-order valence-corrected chi connectivity index (χ4v) is 2.02. The first kappa shape index (κ1) is 9.46. The molecule has 0 aromatic carbocycles. The number of hydrogen-bond acceptors (Lipinski definition) is 3. The van der Waals surface area contributed by atoms with Gasteiger partial charge in [0, 0.05) is 11.6 Å². The summed E-state index contributed by atoms with van der Waals surface area (Å²) in [7, 11) is 0. The van der Waals surface area contributed by atoms with Crippen LogP contribution >= 0.6 is 0 Å². The summed E-state index contributed by atoms with van der Waals surface area (Å²) in [6.45, 7) is 5.26. The summed E-state index contributed by atoms with van der Waals surface area (Å²) in [5.74, 6) is 0.491. The molecule has 0 saturated carbocycles. The van der Waals surface area contributed by atoms with E-state index in [0.29, 0.717) is 5.92 Å². The minimum atomic E-state index is 0.246. The maximum absolute atomic E-state index is 4.42. The van der Waals surface area contributed by atoms with Crippen molar-refractivity contribution in [3.05, 3.63) is 23.4 Å².